The minimum absolute atomic E-state index is 0.00685. The molecule has 0 bridgehead atoms. The Morgan fingerprint density at radius 1 is 1.35 bits per heavy atom. The summed E-state index contributed by atoms with van der Waals surface area (Å²) in [5.74, 6) is -0.171. The molecule has 0 saturated carbocycles. The van der Waals surface area contributed by atoms with Gasteiger partial charge in [-0.15, -0.1) is 0 Å². The van der Waals surface area contributed by atoms with E-state index in [9.17, 15) is 9.59 Å². The lowest BCUT2D eigenvalue weighted by atomic mass is 9.90. The van der Waals surface area contributed by atoms with E-state index < -0.39 is 0 Å². The summed E-state index contributed by atoms with van der Waals surface area (Å²) in [7, 11) is 0. The first-order valence-corrected chi connectivity index (χ1v) is 6.04. The van der Waals surface area contributed by atoms with E-state index in [0.717, 1.165) is 24.8 Å². The van der Waals surface area contributed by atoms with E-state index in [-0.39, 0.29) is 17.7 Å². The predicted octanol–water partition coefficient (Wildman–Crippen LogP) is 2.01. The highest BCUT2D eigenvalue weighted by molar-refractivity contribution is 5.95. The van der Waals surface area contributed by atoms with E-state index in [2.05, 4.69) is 0 Å². The highest BCUT2D eigenvalue weighted by Gasteiger charge is 2.30. The van der Waals surface area contributed by atoms with Crippen LogP contribution in [-0.2, 0) is 16.0 Å². The second kappa shape index (κ2) is 5.13. The molecule has 1 aromatic rings. The molecule has 0 aliphatic carbocycles. The van der Waals surface area contributed by atoms with Crippen LogP contribution in [0.2, 0.25) is 0 Å². The Kier molecular flexibility index (Phi) is 3.57. The molecule has 1 saturated heterocycles. The maximum absolute atomic E-state index is 12.1. The Balaban J connectivity index is 2.06. The molecule has 0 radical (unpaired) electrons. The van der Waals surface area contributed by atoms with E-state index >= 15 is 0 Å². The van der Waals surface area contributed by atoms with Crippen LogP contribution < -0.4 is 0 Å². The molecule has 3 nitrogen and oxygen atoms in total. The van der Waals surface area contributed by atoms with Crippen molar-refractivity contribution < 1.29 is 9.59 Å². The first-order valence-electron chi connectivity index (χ1n) is 6.04. The number of hydrogen-bond acceptors (Lipinski definition) is 2. The van der Waals surface area contributed by atoms with Gasteiger partial charge in [-0.05, 0) is 24.8 Å². The van der Waals surface area contributed by atoms with E-state index in [0.29, 0.717) is 6.54 Å². The van der Waals surface area contributed by atoms with Gasteiger partial charge in [0.05, 0.1) is 0 Å². The molecule has 0 aromatic heterocycles. The van der Waals surface area contributed by atoms with Gasteiger partial charge in [-0.2, -0.15) is 0 Å². The number of carbonyl (C=O) groups is 2. The lowest BCUT2D eigenvalue weighted by molar-refractivity contribution is -0.148. The fourth-order valence-electron chi connectivity index (χ4n) is 2.35. The van der Waals surface area contributed by atoms with Gasteiger partial charge in [0.1, 0.15) is 0 Å². The zero-order valence-electron chi connectivity index (χ0n) is 10.1. The zero-order chi connectivity index (χ0) is 12.3. The lowest BCUT2D eigenvalue weighted by Gasteiger charge is -2.30. The van der Waals surface area contributed by atoms with Gasteiger partial charge in [0.25, 0.3) is 0 Å². The number of likely N-dealkylation sites (tertiary alicyclic amines) is 1. The average molecular weight is 231 g/mol. The largest absolute Gasteiger partial charge is 0.283 e. The van der Waals surface area contributed by atoms with Crippen LogP contribution in [0, 0.1) is 5.92 Å². The van der Waals surface area contributed by atoms with E-state index in [4.69, 9.17) is 0 Å². The molecule has 1 aromatic carbocycles. The van der Waals surface area contributed by atoms with Gasteiger partial charge in [-0.25, -0.2) is 0 Å². The van der Waals surface area contributed by atoms with Crippen molar-refractivity contribution in [1.82, 2.24) is 4.90 Å². The van der Waals surface area contributed by atoms with Crippen LogP contribution in [0.5, 0.6) is 0 Å². The Morgan fingerprint density at radius 2 is 2.06 bits per heavy atom. The van der Waals surface area contributed by atoms with Crippen molar-refractivity contribution in [3.05, 3.63) is 35.9 Å². The summed E-state index contributed by atoms with van der Waals surface area (Å²) in [5.41, 5.74) is 1.16. The smallest absolute Gasteiger partial charge is 0.232 e. The molecular formula is C14H17NO2. The highest BCUT2D eigenvalue weighted by atomic mass is 16.2. The summed E-state index contributed by atoms with van der Waals surface area (Å²) in [6, 6.07) is 9.98. The highest BCUT2D eigenvalue weighted by Crippen LogP contribution is 2.22. The molecule has 17 heavy (non-hydrogen) atoms. The van der Waals surface area contributed by atoms with Gasteiger partial charge in [-0.1, -0.05) is 30.3 Å². The quantitative estimate of drug-likeness (QED) is 0.780. The zero-order valence-corrected chi connectivity index (χ0v) is 10.1. The first kappa shape index (κ1) is 11.8. The molecule has 2 amide bonds. The number of carbonyl (C=O) groups excluding carboxylic acids is 2. The summed E-state index contributed by atoms with van der Waals surface area (Å²) in [5, 5.41) is 0. The third kappa shape index (κ3) is 2.73. The standard InChI is InChI=1S/C14H17NO2/c1-11(16)15-9-5-8-13(14(15)17)10-12-6-3-2-4-7-12/h2-4,6-7,13H,5,8-10H2,1H3/t13-/m1/s1. The van der Waals surface area contributed by atoms with Crippen molar-refractivity contribution >= 4 is 11.8 Å². The molecule has 1 aliphatic heterocycles. The average Bonchev–Trinajstić information content (AvgIpc) is 2.33. The monoisotopic (exact) mass is 231 g/mol. The van der Waals surface area contributed by atoms with Crippen molar-refractivity contribution in [3.8, 4) is 0 Å². The van der Waals surface area contributed by atoms with Crippen LogP contribution in [0.1, 0.15) is 25.3 Å². The van der Waals surface area contributed by atoms with Crippen LogP contribution >= 0.6 is 0 Å². The van der Waals surface area contributed by atoms with E-state index in [1.54, 1.807) is 0 Å². The van der Waals surface area contributed by atoms with E-state index in [1.807, 2.05) is 30.3 Å². The third-order valence-electron chi connectivity index (χ3n) is 3.25. The Bertz CT molecular complexity index is 413. The molecule has 1 fully saturated rings. The predicted molar refractivity (Wildman–Crippen MR) is 65.3 cm³/mol. The molecule has 2 rings (SSSR count). The van der Waals surface area contributed by atoms with Gasteiger partial charge in [-0.3, -0.25) is 14.5 Å². The molecule has 0 spiro atoms. The molecule has 0 unspecified atom stereocenters. The molecule has 90 valence electrons. The lowest BCUT2D eigenvalue weighted by Crippen LogP contribution is -2.44. The number of imide groups is 1. The number of nitrogens with zero attached hydrogens (tertiary/aromatic N) is 1. The second-order valence-electron chi connectivity index (χ2n) is 4.54. The Labute approximate surface area is 101 Å². The van der Waals surface area contributed by atoms with Crippen molar-refractivity contribution in [2.45, 2.75) is 26.2 Å². The minimum Gasteiger partial charge on any atom is -0.283 e. The number of rotatable bonds is 2. The Morgan fingerprint density at radius 3 is 2.71 bits per heavy atom. The normalized spacial score (nSPS) is 20.4. The van der Waals surface area contributed by atoms with Crippen molar-refractivity contribution in [1.29, 1.82) is 0 Å². The minimum atomic E-state index is -0.132. The molecule has 0 N–H and O–H groups in total. The number of piperidine rings is 1. The number of amides is 2. The third-order valence-corrected chi connectivity index (χ3v) is 3.25. The summed E-state index contributed by atoms with van der Waals surface area (Å²) in [6.45, 7) is 2.04. The number of hydrogen-bond donors (Lipinski definition) is 0. The maximum Gasteiger partial charge on any atom is 0.232 e. The molecule has 1 aliphatic rings. The SMILES string of the molecule is CC(=O)N1CCC[C@H](Cc2ccccc2)C1=O. The fraction of sp³-hybridized carbons (Fsp3) is 0.429. The molecule has 1 heterocycles. The van der Waals surface area contributed by atoms with Gasteiger partial charge < -0.3 is 0 Å². The van der Waals surface area contributed by atoms with Crippen LogP contribution in [-0.4, -0.2) is 23.3 Å². The fourth-order valence-corrected chi connectivity index (χ4v) is 2.35. The molecule has 3 heteroatoms. The summed E-state index contributed by atoms with van der Waals surface area (Å²) >= 11 is 0. The van der Waals surface area contributed by atoms with Crippen molar-refractivity contribution in [2.24, 2.45) is 5.92 Å². The Hall–Kier alpha value is -1.64. The van der Waals surface area contributed by atoms with Crippen molar-refractivity contribution in [3.63, 3.8) is 0 Å². The van der Waals surface area contributed by atoms with Gasteiger partial charge in [0.2, 0.25) is 11.8 Å². The van der Waals surface area contributed by atoms with Gasteiger partial charge >= 0.3 is 0 Å². The van der Waals surface area contributed by atoms with Crippen LogP contribution in [0.3, 0.4) is 0 Å². The topological polar surface area (TPSA) is 37.4 Å². The summed E-state index contributed by atoms with van der Waals surface area (Å²) < 4.78 is 0. The first-order chi connectivity index (χ1) is 8.18. The van der Waals surface area contributed by atoms with Gasteiger partial charge in [0, 0.05) is 19.4 Å². The molecule has 1 atom stereocenters. The van der Waals surface area contributed by atoms with E-state index in [1.165, 1.54) is 11.8 Å². The summed E-state index contributed by atoms with van der Waals surface area (Å²) in [6.07, 6.45) is 2.55. The van der Waals surface area contributed by atoms with Crippen LogP contribution in [0.25, 0.3) is 0 Å². The summed E-state index contributed by atoms with van der Waals surface area (Å²) in [4.78, 5) is 24.8. The number of benzene rings is 1. The maximum atomic E-state index is 12.1. The molecular weight excluding hydrogens is 214 g/mol. The van der Waals surface area contributed by atoms with Crippen molar-refractivity contribution in [2.75, 3.05) is 6.54 Å². The second-order valence-corrected chi connectivity index (χ2v) is 4.54. The van der Waals surface area contributed by atoms with Crippen LogP contribution in [0.15, 0.2) is 30.3 Å². The van der Waals surface area contributed by atoms with Crippen LogP contribution in [0.4, 0.5) is 0 Å². The van der Waals surface area contributed by atoms with Gasteiger partial charge in [0.15, 0.2) is 0 Å².